The summed E-state index contributed by atoms with van der Waals surface area (Å²) in [6.45, 7) is 4.60. The first-order chi connectivity index (χ1) is 12.8. The van der Waals surface area contributed by atoms with Gasteiger partial charge >= 0.3 is 0 Å². The van der Waals surface area contributed by atoms with Crippen LogP contribution in [0.15, 0.2) is 53.9 Å². The van der Waals surface area contributed by atoms with Gasteiger partial charge in [0.15, 0.2) is 0 Å². The van der Waals surface area contributed by atoms with Crippen molar-refractivity contribution in [1.29, 1.82) is 0 Å². The molecule has 4 rings (SSSR count). The number of rotatable bonds is 6. The highest BCUT2D eigenvalue weighted by atomic mass is 32.2. The second-order valence-corrected chi connectivity index (χ2v) is 6.66. The Morgan fingerprint density at radius 1 is 1.15 bits per heavy atom. The van der Waals surface area contributed by atoms with Crippen LogP contribution in [0, 0.1) is 6.92 Å². The van der Waals surface area contributed by atoms with Gasteiger partial charge in [-0.05, 0) is 48.0 Å². The Bertz CT molecular complexity index is 1040. The standard InChI is InChI=1S/C18H18N6OS/c1-3-25-16-9-5-4-8-15(16)24-18(20-21-22-24)26-12-14-11-23-10-6-7-13(2)17(23)19-14/h4-11H,3,12H2,1-2H3. The third kappa shape index (κ3) is 3.15. The molecule has 0 atom stereocenters. The van der Waals surface area contributed by atoms with Gasteiger partial charge in [0.25, 0.3) is 0 Å². The smallest absolute Gasteiger partial charge is 0.214 e. The number of hydrogen-bond acceptors (Lipinski definition) is 6. The molecule has 0 aliphatic rings. The zero-order valence-corrected chi connectivity index (χ0v) is 15.3. The number of aryl methyl sites for hydroxylation is 1. The minimum Gasteiger partial charge on any atom is -0.492 e. The average molecular weight is 366 g/mol. The van der Waals surface area contributed by atoms with Gasteiger partial charge in [0, 0.05) is 18.1 Å². The van der Waals surface area contributed by atoms with E-state index in [0.717, 1.165) is 28.3 Å². The summed E-state index contributed by atoms with van der Waals surface area (Å²) < 4.78 is 9.44. The number of ether oxygens (including phenoxy) is 1. The lowest BCUT2D eigenvalue weighted by Crippen LogP contribution is -2.03. The maximum Gasteiger partial charge on any atom is 0.214 e. The normalized spacial score (nSPS) is 11.2. The van der Waals surface area contributed by atoms with E-state index in [0.29, 0.717) is 17.5 Å². The van der Waals surface area contributed by atoms with E-state index in [-0.39, 0.29) is 0 Å². The Morgan fingerprint density at radius 2 is 2.04 bits per heavy atom. The van der Waals surface area contributed by atoms with Crippen LogP contribution in [0.1, 0.15) is 18.2 Å². The van der Waals surface area contributed by atoms with Gasteiger partial charge in [-0.2, -0.15) is 4.68 Å². The summed E-state index contributed by atoms with van der Waals surface area (Å²) in [6.07, 6.45) is 4.05. The molecular formula is C18H18N6OS. The summed E-state index contributed by atoms with van der Waals surface area (Å²) in [5.41, 5.74) is 3.94. The van der Waals surface area contributed by atoms with Gasteiger partial charge in [0.2, 0.25) is 5.16 Å². The van der Waals surface area contributed by atoms with Crippen molar-refractivity contribution < 1.29 is 4.74 Å². The number of nitrogens with zero attached hydrogens (tertiary/aromatic N) is 6. The monoisotopic (exact) mass is 366 g/mol. The van der Waals surface area contributed by atoms with Crippen LogP contribution < -0.4 is 4.74 Å². The minimum atomic E-state index is 0.586. The van der Waals surface area contributed by atoms with Crippen LogP contribution >= 0.6 is 11.8 Å². The van der Waals surface area contributed by atoms with Crippen LogP contribution in [0.4, 0.5) is 0 Å². The quantitative estimate of drug-likeness (QED) is 0.488. The summed E-state index contributed by atoms with van der Waals surface area (Å²) in [7, 11) is 0. The second-order valence-electron chi connectivity index (χ2n) is 5.72. The van der Waals surface area contributed by atoms with Crippen LogP contribution in [-0.2, 0) is 5.75 Å². The number of aromatic nitrogens is 6. The van der Waals surface area contributed by atoms with Crippen molar-refractivity contribution in [3.05, 3.63) is 60.0 Å². The highest BCUT2D eigenvalue weighted by molar-refractivity contribution is 7.98. The number of benzene rings is 1. The Balaban J connectivity index is 1.58. The van der Waals surface area contributed by atoms with E-state index in [1.807, 2.05) is 54.0 Å². The first-order valence-corrected chi connectivity index (χ1v) is 9.31. The number of fused-ring (bicyclic) bond motifs is 1. The topological polar surface area (TPSA) is 70.1 Å². The minimum absolute atomic E-state index is 0.586. The third-order valence-electron chi connectivity index (χ3n) is 3.91. The second kappa shape index (κ2) is 7.17. The maximum absolute atomic E-state index is 5.69. The van der Waals surface area contributed by atoms with Crippen molar-refractivity contribution in [2.45, 2.75) is 24.8 Å². The molecule has 0 N–H and O–H groups in total. The lowest BCUT2D eigenvalue weighted by atomic mass is 10.3. The molecule has 3 aromatic heterocycles. The predicted molar refractivity (Wildman–Crippen MR) is 99.8 cm³/mol. The number of imidazole rings is 1. The maximum atomic E-state index is 5.69. The molecule has 7 nitrogen and oxygen atoms in total. The van der Waals surface area contributed by atoms with Crippen LogP contribution in [-0.4, -0.2) is 36.2 Å². The van der Waals surface area contributed by atoms with Gasteiger partial charge in [0.1, 0.15) is 17.1 Å². The summed E-state index contributed by atoms with van der Waals surface area (Å²) >= 11 is 1.54. The summed E-state index contributed by atoms with van der Waals surface area (Å²) in [6, 6.07) is 11.8. The van der Waals surface area contributed by atoms with Crippen molar-refractivity contribution >= 4 is 17.4 Å². The number of thioether (sulfide) groups is 1. The molecule has 0 unspecified atom stereocenters. The van der Waals surface area contributed by atoms with E-state index < -0.39 is 0 Å². The van der Waals surface area contributed by atoms with Gasteiger partial charge in [-0.15, -0.1) is 5.10 Å². The van der Waals surface area contributed by atoms with E-state index in [1.54, 1.807) is 16.4 Å². The van der Waals surface area contributed by atoms with Crippen LogP contribution in [0.5, 0.6) is 5.75 Å². The van der Waals surface area contributed by atoms with E-state index in [2.05, 4.69) is 28.5 Å². The highest BCUT2D eigenvalue weighted by Gasteiger charge is 2.14. The van der Waals surface area contributed by atoms with Crippen molar-refractivity contribution in [3.63, 3.8) is 0 Å². The molecule has 0 aliphatic carbocycles. The SMILES string of the molecule is CCOc1ccccc1-n1nnnc1SCc1cn2cccc(C)c2n1. The van der Waals surface area contributed by atoms with Gasteiger partial charge in [-0.25, -0.2) is 4.98 Å². The Morgan fingerprint density at radius 3 is 2.88 bits per heavy atom. The van der Waals surface area contributed by atoms with Crippen molar-refractivity contribution in [3.8, 4) is 11.4 Å². The van der Waals surface area contributed by atoms with E-state index in [9.17, 15) is 0 Å². The van der Waals surface area contributed by atoms with Crippen molar-refractivity contribution in [2.75, 3.05) is 6.61 Å². The average Bonchev–Trinajstić information content (AvgIpc) is 3.28. The largest absolute Gasteiger partial charge is 0.492 e. The van der Waals surface area contributed by atoms with Gasteiger partial charge < -0.3 is 9.14 Å². The Kier molecular flexibility index (Phi) is 4.57. The molecule has 4 aromatic rings. The highest BCUT2D eigenvalue weighted by Crippen LogP contribution is 2.27. The first kappa shape index (κ1) is 16.6. The van der Waals surface area contributed by atoms with Crippen molar-refractivity contribution in [2.24, 2.45) is 0 Å². The van der Waals surface area contributed by atoms with Gasteiger partial charge in [-0.3, -0.25) is 0 Å². The zero-order valence-electron chi connectivity index (χ0n) is 14.5. The molecular weight excluding hydrogens is 348 g/mol. The number of pyridine rings is 1. The molecule has 26 heavy (non-hydrogen) atoms. The molecule has 0 bridgehead atoms. The van der Waals surface area contributed by atoms with Crippen LogP contribution in [0.2, 0.25) is 0 Å². The van der Waals surface area contributed by atoms with Gasteiger partial charge in [-0.1, -0.05) is 30.0 Å². The molecule has 0 saturated carbocycles. The molecule has 0 fully saturated rings. The van der Waals surface area contributed by atoms with Crippen molar-refractivity contribution in [1.82, 2.24) is 29.6 Å². The summed E-state index contributed by atoms with van der Waals surface area (Å²) in [5.74, 6) is 1.44. The lowest BCUT2D eigenvalue weighted by molar-refractivity contribution is 0.337. The number of tetrazole rings is 1. The number of hydrogen-bond donors (Lipinski definition) is 0. The van der Waals surface area contributed by atoms with E-state index >= 15 is 0 Å². The van der Waals surface area contributed by atoms with Crippen LogP contribution in [0.3, 0.4) is 0 Å². The fourth-order valence-corrected chi connectivity index (χ4v) is 3.51. The fourth-order valence-electron chi connectivity index (χ4n) is 2.74. The molecule has 0 radical (unpaired) electrons. The van der Waals surface area contributed by atoms with E-state index in [1.165, 1.54) is 0 Å². The molecule has 0 aliphatic heterocycles. The molecule has 0 amide bonds. The zero-order chi connectivity index (χ0) is 17.9. The van der Waals surface area contributed by atoms with Gasteiger partial charge in [0.05, 0.1) is 12.3 Å². The lowest BCUT2D eigenvalue weighted by Gasteiger charge is -2.10. The fraction of sp³-hybridized carbons (Fsp3) is 0.222. The molecule has 0 spiro atoms. The molecule has 3 heterocycles. The summed E-state index contributed by atoms with van der Waals surface area (Å²) in [5, 5.41) is 12.8. The Labute approximate surface area is 155 Å². The third-order valence-corrected chi connectivity index (χ3v) is 4.86. The molecule has 1 aromatic carbocycles. The molecule has 8 heteroatoms. The summed E-state index contributed by atoms with van der Waals surface area (Å²) in [4.78, 5) is 4.70. The predicted octanol–water partition coefficient (Wildman–Crippen LogP) is 3.31. The van der Waals surface area contributed by atoms with Crippen LogP contribution in [0.25, 0.3) is 11.3 Å². The molecule has 132 valence electrons. The first-order valence-electron chi connectivity index (χ1n) is 8.33. The number of para-hydroxylation sites is 2. The molecule has 0 saturated heterocycles. The van der Waals surface area contributed by atoms with E-state index in [4.69, 9.17) is 9.72 Å². The Hall–Kier alpha value is -2.87.